The molecule has 0 saturated carbocycles. The summed E-state index contributed by atoms with van der Waals surface area (Å²) in [5.41, 5.74) is 17.3. The molecule has 0 atom stereocenters. The van der Waals surface area contributed by atoms with Crippen LogP contribution in [0.15, 0.2) is 188 Å². The van der Waals surface area contributed by atoms with Gasteiger partial charge in [0.25, 0.3) is 0 Å². The first-order chi connectivity index (χ1) is 27.4. The molecule has 0 bridgehead atoms. The van der Waals surface area contributed by atoms with Gasteiger partial charge in [-0.05, 0) is 71.7 Å². The van der Waals surface area contributed by atoms with E-state index in [2.05, 4.69) is 207 Å². The Kier molecular flexibility index (Phi) is 5.68. The van der Waals surface area contributed by atoms with Crippen LogP contribution in [0.3, 0.4) is 0 Å². The monoisotopic (exact) mass is 698 g/mol. The second-order valence-electron chi connectivity index (χ2n) is 14.8. The lowest BCUT2D eigenvalue weighted by Gasteiger charge is -2.39. The number of fused-ring (bicyclic) bond motifs is 13. The molecule has 0 N–H and O–H groups in total. The van der Waals surface area contributed by atoms with E-state index in [9.17, 15) is 0 Å². The SMILES string of the molecule is c1ccc(N2c3cccc4c3B(c3c2c2ccccc2n3-c2ccccc2)n2c3ccc5c6ccccc6n(-c6ccccc6)c5c3c3cccc-4c32)cc1. The van der Waals surface area contributed by atoms with E-state index in [0.29, 0.717) is 0 Å². The maximum absolute atomic E-state index is 2.69. The van der Waals surface area contributed by atoms with Crippen molar-refractivity contribution < 1.29 is 0 Å². The smallest absolute Gasteiger partial charge is 0.351 e. The first kappa shape index (κ1) is 29.2. The highest BCUT2D eigenvalue weighted by molar-refractivity contribution is 6.90. The van der Waals surface area contributed by atoms with Crippen LogP contribution in [0.5, 0.6) is 0 Å². The Balaban J connectivity index is 1.26. The van der Waals surface area contributed by atoms with Gasteiger partial charge in [0.1, 0.15) is 0 Å². The minimum atomic E-state index is -0.101. The van der Waals surface area contributed by atoms with Crippen LogP contribution in [0, 0.1) is 0 Å². The van der Waals surface area contributed by atoms with Crippen molar-refractivity contribution in [3.8, 4) is 22.5 Å². The molecule has 0 fully saturated rings. The van der Waals surface area contributed by atoms with Crippen molar-refractivity contribution in [1.29, 1.82) is 0 Å². The molecule has 254 valence electrons. The average molecular weight is 699 g/mol. The molecule has 3 aromatic heterocycles. The lowest BCUT2D eigenvalue weighted by atomic mass is 9.47. The van der Waals surface area contributed by atoms with Crippen LogP contribution < -0.4 is 16.0 Å². The van der Waals surface area contributed by atoms with Crippen molar-refractivity contribution in [3.05, 3.63) is 188 Å². The molecule has 2 aliphatic heterocycles. The molecule has 0 radical (unpaired) electrons. The molecule has 5 heteroatoms. The maximum atomic E-state index is 2.69. The van der Waals surface area contributed by atoms with Crippen LogP contribution in [0.4, 0.5) is 17.1 Å². The highest BCUT2D eigenvalue weighted by atomic mass is 15.2. The van der Waals surface area contributed by atoms with Crippen molar-refractivity contribution in [2.24, 2.45) is 0 Å². The van der Waals surface area contributed by atoms with E-state index >= 15 is 0 Å². The number of nitrogens with zero attached hydrogens (tertiary/aromatic N) is 4. The Bertz CT molecular complexity index is 3370. The number of para-hydroxylation sites is 6. The molecular formula is C50H31BN4. The summed E-state index contributed by atoms with van der Waals surface area (Å²) in [7, 11) is 0. The molecule has 0 spiro atoms. The molecule has 55 heavy (non-hydrogen) atoms. The van der Waals surface area contributed by atoms with Gasteiger partial charge in [-0.3, -0.25) is 0 Å². The van der Waals surface area contributed by atoms with Gasteiger partial charge in [-0.25, -0.2) is 0 Å². The van der Waals surface area contributed by atoms with Crippen molar-refractivity contribution in [2.75, 3.05) is 4.90 Å². The third-order valence-corrected chi connectivity index (χ3v) is 12.2. The highest BCUT2D eigenvalue weighted by Crippen LogP contribution is 2.49. The summed E-state index contributed by atoms with van der Waals surface area (Å²) in [4.78, 5) is 2.52. The number of hydrogen-bond acceptors (Lipinski definition) is 1. The summed E-state index contributed by atoms with van der Waals surface area (Å²) in [5, 5.41) is 6.34. The summed E-state index contributed by atoms with van der Waals surface area (Å²) in [6.45, 7) is -0.101. The predicted octanol–water partition coefficient (Wildman–Crippen LogP) is 11.3. The largest absolute Gasteiger partial charge is 0.374 e. The molecule has 4 nitrogen and oxygen atoms in total. The van der Waals surface area contributed by atoms with Gasteiger partial charge in [0, 0.05) is 71.9 Å². The van der Waals surface area contributed by atoms with E-state index in [-0.39, 0.29) is 6.85 Å². The van der Waals surface area contributed by atoms with E-state index in [1.54, 1.807) is 0 Å². The number of aromatic nitrogens is 3. The van der Waals surface area contributed by atoms with E-state index < -0.39 is 0 Å². The Morgan fingerprint density at radius 1 is 0.364 bits per heavy atom. The summed E-state index contributed by atoms with van der Waals surface area (Å²) in [5.74, 6) is 0. The molecule has 13 rings (SSSR count). The van der Waals surface area contributed by atoms with E-state index in [4.69, 9.17) is 0 Å². The van der Waals surface area contributed by atoms with Crippen LogP contribution in [0.1, 0.15) is 0 Å². The quantitative estimate of drug-likeness (QED) is 0.168. The minimum Gasteiger partial charge on any atom is -0.374 e. The van der Waals surface area contributed by atoms with Crippen LogP contribution in [0.2, 0.25) is 0 Å². The molecule has 0 aliphatic carbocycles. The van der Waals surface area contributed by atoms with Gasteiger partial charge in [0.05, 0.1) is 22.2 Å². The topological polar surface area (TPSA) is 18.0 Å². The van der Waals surface area contributed by atoms with Gasteiger partial charge >= 0.3 is 6.85 Å². The fourth-order valence-corrected chi connectivity index (χ4v) is 10.2. The summed E-state index contributed by atoms with van der Waals surface area (Å²) in [6.07, 6.45) is 0. The van der Waals surface area contributed by atoms with E-state index in [0.717, 1.165) is 11.4 Å². The molecule has 11 aromatic rings. The molecule has 0 saturated heterocycles. The van der Waals surface area contributed by atoms with Crippen LogP contribution >= 0.6 is 0 Å². The van der Waals surface area contributed by atoms with Gasteiger partial charge in [0.15, 0.2) is 0 Å². The zero-order chi connectivity index (χ0) is 35.8. The molecule has 5 heterocycles. The Hall–Kier alpha value is -7.24. The van der Waals surface area contributed by atoms with Crippen molar-refractivity contribution >= 4 is 89.5 Å². The maximum Gasteiger partial charge on any atom is 0.351 e. The van der Waals surface area contributed by atoms with Crippen molar-refractivity contribution in [2.45, 2.75) is 0 Å². The van der Waals surface area contributed by atoms with Gasteiger partial charge in [0.2, 0.25) is 0 Å². The molecular weight excluding hydrogens is 667 g/mol. The zero-order valence-corrected chi connectivity index (χ0v) is 29.8. The number of hydrogen-bond donors (Lipinski definition) is 0. The van der Waals surface area contributed by atoms with Crippen molar-refractivity contribution in [3.63, 3.8) is 0 Å². The summed E-state index contributed by atoms with van der Waals surface area (Å²) in [6, 6.07) is 69.2. The lowest BCUT2D eigenvalue weighted by molar-refractivity contribution is 1.14. The average Bonchev–Trinajstić information content (AvgIpc) is 3.90. The molecule has 0 unspecified atom stereocenters. The Labute approximate surface area is 317 Å². The first-order valence-electron chi connectivity index (χ1n) is 19.1. The fraction of sp³-hybridized carbons (Fsp3) is 0. The first-order valence-corrected chi connectivity index (χ1v) is 19.1. The Morgan fingerprint density at radius 3 is 1.69 bits per heavy atom. The van der Waals surface area contributed by atoms with Crippen LogP contribution in [-0.2, 0) is 0 Å². The second-order valence-corrected chi connectivity index (χ2v) is 14.8. The van der Waals surface area contributed by atoms with Gasteiger partial charge in [-0.2, -0.15) is 0 Å². The number of benzene rings is 8. The molecule has 2 aliphatic rings. The van der Waals surface area contributed by atoms with Crippen LogP contribution in [0.25, 0.3) is 77.0 Å². The van der Waals surface area contributed by atoms with Gasteiger partial charge in [-0.15, -0.1) is 0 Å². The third-order valence-electron chi connectivity index (χ3n) is 12.2. The third kappa shape index (κ3) is 3.67. The molecule has 8 aromatic carbocycles. The fourth-order valence-electron chi connectivity index (χ4n) is 10.2. The highest BCUT2D eigenvalue weighted by Gasteiger charge is 2.46. The predicted molar refractivity (Wildman–Crippen MR) is 231 cm³/mol. The second kappa shape index (κ2) is 10.7. The minimum absolute atomic E-state index is 0.101. The van der Waals surface area contributed by atoms with Crippen molar-refractivity contribution in [1.82, 2.24) is 13.6 Å². The molecule has 0 amide bonds. The van der Waals surface area contributed by atoms with E-state index in [1.165, 1.54) is 93.8 Å². The van der Waals surface area contributed by atoms with Crippen LogP contribution in [-0.4, -0.2) is 20.5 Å². The lowest BCUT2D eigenvalue weighted by Crippen LogP contribution is -2.58. The standard InChI is InChI=1S/C50H31BN4/c1-4-16-32(17-5-1)52-41-27-12-10-22-35(41)38-30-31-43-45(48(38)52)40-26-14-25-37-36-24-15-29-44-46(36)51(55(43)47(37)40)50-49(53(44)33-18-6-2-7-19-33)39-23-11-13-28-42(39)54(50)34-20-8-3-9-21-34/h1-31H. The Morgan fingerprint density at radius 2 is 0.945 bits per heavy atom. The zero-order valence-electron chi connectivity index (χ0n) is 29.8. The van der Waals surface area contributed by atoms with Gasteiger partial charge < -0.3 is 18.5 Å². The summed E-state index contributed by atoms with van der Waals surface area (Å²) >= 11 is 0. The number of anilines is 3. The normalized spacial score (nSPS) is 13.0. The summed E-state index contributed by atoms with van der Waals surface area (Å²) < 4.78 is 7.72. The van der Waals surface area contributed by atoms with Gasteiger partial charge in [-0.1, -0.05) is 127 Å². The number of rotatable bonds is 3. The van der Waals surface area contributed by atoms with E-state index in [1.807, 2.05) is 0 Å².